The molecule has 3 heterocycles. The maximum atomic E-state index is 13.2. The molecule has 5 heteroatoms. The van der Waals surface area contributed by atoms with E-state index in [0.717, 1.165) is 25.8 Å². The van der Waals surface area contributed by atoms with Gasteiger partial charge in [0.15, 0.2) is 0 Å². The quantitative estimate of drug-likeness (QED) is 0.682. The minimum atomic E-state index is 0.0249. The van der Waals surface area contributed by atoms with E-state index in [1.165, 1.54) is 15.6 Å². The van der Waals surface area contributed by atoms with Crippen LogP contribution in [0.1, 0.15) is 37.2 Å². The summed E-state index contributed by atoms with van der Waals surface area (Å²) in [5.74, 6) is 0.539. The van der Waals surface area contributed by atoms with Gasteiger partial charge in [0.25, 0.3) is 5.91 Å². The molecule has 1 aromatic rings. The van der Waals surface area contributed by atoms with Crippen LogP contribution in [-0.4, -0.2) is 48.2 Å². The van der Waals surface area contributed by atoms with Crippen molar-refractivity contribution in [2.24, 2.45) is 5.92 Å². The van der Waals surface area contributed by atoms with Gasteiger partial charge in [-0.05, 0) is 78.9 Å². The van der Waals surface area contributed by atoms with Crippen LogP contribution < -0.4 is 0 Å². The van der Waals surface area contributed by atoms with Crippen molar-refractivity contribution in [1.29, 1.82) is 0 Å². The van der Waals surface area contributed by atoms with Gasteiger partial charge in [0, 0.05) is 15.7 Å². The summed E-state index contributed by atoms with van der Waals surface area (Å²) in [6.45, 7) is 1.42. The summed E-state index contributed by atoms with van der Waals surface area (Å²) in [6.07, 6.45) is 4.38. The Morgan fingerprint density at radius 3 is 2.74 bits per heavy atom. The number of carbonyl (C=O) groups excluding carboxylic acids is 1. The summed E-state index contributed by atoms with van der Waals surface area (Å²) < 4.78 is 1.24. The molecule has 2 unspecified atom stereocenters. The van der Waals surface area contributed by atoms with E-state index in [0.29, 0.717) is 24.6 Å². The zero-order valence-corrected chi connectivity index (χ0v) is 15.6. The smallest absolute Gasteiger partial charge is 0.251 e. The molecule has 23 heavy (non-hydrogen) atoms. The highest BCUT2D eigenvalue weighted by Gasteiger charge is 2.50. The predicted molar refractivity (Wildman–Crippen MR) is 96.9 cm³/mol. The Kier molecular flexibility index (Phi) is 4.36. The molecule has 0 aromatic heterocycles. The number of carbonyl (C=O) groups is 1. The molecule has 1 amide bonds. The average molecular weight is 426 g/mol. The van der Waals surface area contributed by atoms with E-state index in [1.807, 2.05) is 0 Å². The maximum absolute atomic E-state index is 13.2. The molecule has 3 saturated heterocycles. The number of fused-ring (bicyclic) bond motifs is 2. The molecule has 2 bridgehead atoms. The van der Waals surface area contributed by atoms with E-state index in [-0.39, 0.29) is 11.8 Å². The predicted octanol–water partition coefficient (Wildman–Crippen LogP) is 3.02. The molecule has 3 fully saturated rings. The van der Waals surface area contributed by atoms with Crippen molar-refractivity contribution in [3.63, 3.8) is 0 Å². The Morgan fingerprint density at radius 1 is 1.26 bits per heavy atom. The zero-order chi connectivity index (χ0) is 16.0. The number of rotatable bonds is 2. The summed E-state index contributed by atoms with van der Waals surface area (Å²) in [5.41, 5.74) is 1.31. The van der Waals surface area contributed by atoms with Gasteiger partial charge >= 0.3 is 0 Å². The van der Waals surface area contributed by atoms with E-state index in [1.54, 1.807) is 5.06 Å². The van der Waals surface area contributed by atoms with Crippen molar-refractivity contribution in [1.82, 2.24) is 9.96 Å². The van der Waals surface area contributed by atoms with Gasteiger partial charge in [0.1, 0.15) is 0 Å². The summed E-state index contributed by atoms with van der Waals surface area (Å²) in [7, 11) is 2.19. The number of halogens is 1. The molecule has 124 valence electrons. The van der Waals surface area contributed by atoms with Crippen molar-refractivity contribution in [2.45, 2.75) is 43.7 Å². The van der Waals surface area contributed by atoms with Crippen molar-refractivity contribution >= 4 is 28.5 Å². The Labute approximate surface area is 151 Å². The van der Waals surface area contributed by atoms with Crippen LogP contribution in [-0.2, 0) is 9.63 Å². The minimum Gasteiger partial charge on any atom is -0.300 e. The fraction of sp³-hybridized carbons (Fsp3) is 0.611. The monoisotopic (exact) mass is 426 g/mol. The van der Waals surface area contributed by atoms with Gasteiger partial charge < -0.3 is 0 Å². The van der Waals surface area contributed by atoms with Gasteiger partial charge in [-0.25, -0.2) is 5.06 Å². The Hall–Kier alpha value is -0.660. The van der Waals surface area contributed by atoms with Crippen LogP contribution in [0.5, 0.6) is 0 Å². The molecule has 0 aliphatic carbocycles. The van der Waals surface area contributed by atoms with Gasteiger partial charge in [-0.15, -0.1) is 0 Å². The lowest BCUT2D eigenvalue weighted by molar-refractivity contribution is -0.177. The van der Waals surface area contributed by atoms with Crippen LogP contribution >= 0.6 is 22.6 Å². The fourth-order valence-electron chi connectivity index (χ4n) is 4.64. The van der Waals surface area contributed by atoms with E-state index in [2.05, 4.69) is 58.8 Å². The first kappa shape index (κ1) is 15.8. The van der Waals surface area contributed by atoms with Crippen molar-refractivity contribution in [2.75, 3.05) is 20.2 Å². The molecule has 0 N–H and O–H groups in total. The molecule has 3 aliphatic heterocycles. The third kappa shape index (κ3) is 2.81. The SMILES string of the molecule is CN1C2CC[C@@H]1C[C@H](c1ccc(I)cc1)C2C(=O)N1CCCO1. The van der Waals surface area contributed by atoms with Crippen LogP contribution in [0.3, 0.4) is 0 Å². The minimum absolute atomic E-state index is 0.0249. The average Bonchev–Trinajstić information content (AvgIpc) is 3.15. The highest BCUT2D eigenvalue weighted by molar-refractivity contribution is 14.1. The van der Waals surface area contributed by atoms with Gasteiger partial charge in [-0.3, -0.25) is 14.5 Å². The number of hydroxylamine groups is 2. The van der Waals surface area contributed by atoms with Crippen LogP contribution in [0.15, 0.2) is 24.3 Å². The highest BCUT2D eigenvalue weighted by Crippen LogP contribution is 2.47. The maximum Gasteiger partial charge on any atom is 0.251 e. The first-order valence-corrected chi connectivity index (χ1v) is 9.64. The van der Waals surface area contributed by atoms with Gasteiger partial charge in [0.05, 0.1) is 19.1 Å². The third-order valence-corrected chi connectivity index (χ3v) is 6.57. The summed E-state index contributed by atoms with van der Waals surface area (Å²) in [5, 5.41) is 1.64. The largest absolute Gasteiger partial charge is 0.300 e. The molecule has 1 aromatic carbocycles. The number of benzene rings is 1. The lowest BCUT2D eigenvalue weighted by Crippen LogP contribution is -2.51. The first-order valence-electron chi connectivity index (χ1n) is 8.57. The van der Waals surface area contributed by atoms with Gasteiger partial charge in [-0.2, -0.15) is 0 Å². The van der Waals surface area contributed by atoms with Crippen LogP contribution in [0.2, 0.25) is 0 Å². The molecule has 4 rings (SSSR count). The summed E-state index contributed by atoms with van der Waals surface area (Å²) in [4.78, 5) is 21.2. The van der Waals surface area contributed by atoms with Crippen molar-refractivity contribution < 1.29 is 9.63 Å². The summed E-state index contributed by atoms with van der Waals surface area (Å²) in [6, 6.07) is 9.71. The third-order valence-electron chi connectivity index (χ3n) is 5.85. The zero-order valence-electron chi connectivity index (χ0n) is 13.5. The van der Waals surface area contributed by atoms with Crippen molar-refractivity contribution in [3.8, 4) is 0 Å². The molecular weight excluding hydrogens is 403 g/mol. The Balaban J connectivity index is 1.67. The standard InChI is InChI=1S/C18H23IN2O2/c1-20-14-7-8-16(20)17(18(22)21-9-2-10-23-21)15(11-14)12-3-5-13(19)6-4-12/h3-6,14-17H,2,7-11H2,1H3/t14-,15-,16?,17?/m1/s1. The number of piperidine rings is 1. The molecule has 3 aliphatic rings. The number of nitrogens with zero attached hydrogens (tertiary/aromatic N) is 2. The molecule has 0 radical (unpaired) electrons. The first-order chi connectivity index (χ1) is 11.1. The molecule has 4 nitrogen and oxygen atoms in total. The normalized spacial score (nSPS) is 34.1. The topological polar surface area (TPSA) is 32.8 Å². The van der Waals surface area contributed by atoms with E-state index in [9.17, 15) is 4.79 Å². The molecule has 0 saturated carbocycles. The fourth-order valence-corrected chi connectivity index (χ4v) is 5.00. The highest BCUT2D eigenvalue weighted by atomic mass is 127. The lowest BCUT2D eigenvalue weighted by Gasteiger charge is -2.43. The number of hydrogen-bond acceptors (Lipinski definition) is 3. The Morgan fingerprint density at radius 2 is 2.04 bits per heavy atom. The van der Waals surface area contributed by atoms with Gasteiger partial charge in [0.2, 0.25) is 0 Å². The molecule has 0 spiro atoms. The van der Waals surface area contributed by atoms with E-state index >= 15 is 0 Å². The van der Waals surface area contributed by atoms with Crippen LogP contribution in [0.25, 0.3) is 0 Å². The lowest BCUT2D eigenvalue weighted by atomic mass is 9.75. The van der Waals surface area contributed by atoms with Crippen LogP contribution in [0.4, 0.5) is 0 Å². The second-order valence-electron chi connectivity index (χ2n) is 7.01. The summed E-state index contributed by atoms with van der Waals surface area (Å²) >= 11 is 2.34. The van der Waals surface area contributed by atoms with E-state index < -0.39 is 0 Å². The number of amides is 1. The molecular formula is C18H23IN2O2. The van der Waals surface area contributed by atoms with Gasteiger partial charge in [-0.1, -0.05) is 12.1 Å². The number of hydrogen-bond donors (Lipinski definition) is 0. The van der Waals surface area contributed by atoms with Crippen LogP contribution in [0, 0.1) is 9.49 Å². The molecule has 4 atom stereocenters. The second-order valence-corrected chi connectivity index (χ2v) is 8.26. The Bertz CT molecular complexity index is 585. The van der Waals surface area contributed by atoms with Crippen molar-refractivity contribution in [3.05, 3.63) is 33.4 Å². The second kappa shape index (κ2) is 6.33. The van der Waals surface area contributed by atoms with E-state index in [4.69, 9.17) is 4.84 Å².